The van der Waals surface area contributed by atoms with Crippen molar-refractivity contribution in [2.45, 2.75) is 70.3 Å². The molecule has 162 valence electrons. The van der Waals surface area contributed by atoms with Crippen LogP contribution in [0.4, 0.5) is 0 Å². The van der Waals surface area contributed by atoms with Crippen molar-refractivity contribution in [1.29, 1.82) is 0 Å². The maximum atomic E-state index is 12.0. The third-order valence-electron chi connectivity index (χ3n) is 6.47. The van der Waals surface area contributed by atoms with Crippen molar-refractivity contribution in [1.82, 2.24) is 4.90 Å². The fourth-order valence-electron chi connectivity index (χ4n) is 5.08. The van der Waals surface area contributed by atoms with E-state index in [2.05, 4.69) is 19.0 Å². The Kier molecular flexibility index (Phi) is 9.26. The Balaban J connectivity index is 0.000000892. The number of hydrogen-bond donors (Lipinski definition) is 0. The standard InChI is InChI=1S/C18H32N2O4.CH3NO2/c1-4-24-16(21)13-17(14-20(22)23)9-11-18(12-10-17,19(2)3)15-7-5-6-8-15;1-2(3)4/h15H,4-14H2,1-3H3;1H3. The van der Waals surface area contributed by atoms with Gasteiger partial charge in [0.2, 0.25) is 6.54 Å². The van der Waals surface area contributed by atoms with Crippen LogP contribution in [0.15, 0.2) is 0 Å². The monoisotopic (exact) mass is 401 g/mol. The van der Waals surface area contributed by atoms with Gasteiger partial charge in [-0.3, -0.25) is 25.0 Å². The minimum Gasteiger partial charge on any atom is -0.466 e. The zero-order chi connectivity index (χ0) is 21.4. The quantitative estimate of drug-likeness (QED) is 0.365. The van der Waals surface area contributed by atoms with Crippen molar-refractivity contribution < 1.29 is 19.4 Å². The highest BCUT2D eigenvalue weighted by molar-refractivity contribution is 5.70. The van der Waals surface area contributed by atoms with Crippen LogP contribution in [0.2, 0.25) is 0 Å². The smallest absolute Gasteiger partial charge is 0.306 e. The molecule has 0 saturated heterocycles. The highest BCUT2D eigenvalue weighted by atomic mass is 16.6. The number of rotatable bonds is 7. The number of carbonyl (C=O) groups is 1. The molecule has 0 atom stereocenters. The predicted octanol–water partition coefficient (Wildman–Crippen LogP) is 3.16. The van der Waals surface area contributed by atoms with Crippen LogP contribution in [-0.2, 0) is 9.53 Å². The number of carbonyl (C=O) groups excluding carboxylic acids is 1. The molecule has 0 amide bonds. The van der Waals surface area contributed by atoms with Gasteiger partial charge in [0.15, 0.2) is 7.05 Å². The summed E-state index contributed by atoms with van der Waals surface area (Å²) >= 11 is 0. The maximum absolute atomic E-state index is 12.0. The van der Waals surface area contributed by atoms with Gasteiger partial charge in [0, 0.05) is 20.8 Å². The highest BCUT2D eigenvalue weighted by Gasteiger charge is 2.51. The second kappa shape index (κ2) is 10.7. The minimum absolute atomic E-state index is 0.125. The Morgan fingerprint density at radius 1 is 1.11 bits per heavy atom. The molecule has 0 aromatic heterocycles. The van der Waals surface area contributed by atoms with Gasteiger partial charge >= 0.3 is 5.97 Å². The summed E-state index contributed by atoms with van der Waals surface area (Å²) in [5, 5.41) is 20.0. The first-order valence-electron chi connectivity index (χ1n) is 10.1. The van der Waals surface area contributed by atoms with Gasteiger partial charge in [-0.05, 0) is 65.5 Å². The molecule has 0 aliphatic heterocycles. The van der Waals surface area contributed by atoms with E-state index in [-0.39, 0.29) is 29.4 Å². The molecule has 9 nitrogen and oxygen atoms in total. The molecular formula is C19H35N3O6. The van der Waals surface area contributed by atoms with Gasteiger partial charge in [0.05, 0.1) is 13.0 Å². The number of nitrogens with zero attached hydrogens (tertiary/aromatic N) is 3. The summed E-state index contributed by atoms with van der Waals surface area (Å²) in [7, 11) is 5.17. The molecule has 2 saturated carbocycles. The van der Waals surface area contributed by atoms with Crippen LogP contribution >= 0.6 is 0 Å². The van der Waals surface area contributed by atoms with Crippen LogP contribution in [0.25, 0.3) is 0 Å². The molecule has 2 rings (SSSR count). The zero-order valence-electron chi connectivity index (χ0n) is 17.6. The summed E-state index contributed by atoms with van der Waals surface area (Å²) in [6.45, 7) is 1.98. The Morgan fingerprint density at radius 3 is 2.00 bits per heavy atom. The van der Waals surface area contributed by atoms with E-state index >= 15 is 0 Å². The van der Waals surface area contributed by atoms with Crippen molar-refractivity contribution in [2.75, 3.05) is 34.3 Å². The van der Waals surface area contributed by atoms with Crippen LogP contribution in [0, 0.1) is 31.6 Å². The second-order valence-electron chi connectivity index (χ2n) is 8.39. The van der Waals surface area contributed by atoms with Gasteiger partial charge in [-0.1, -0.05) is 12.8 Å². The van der Waals surface area contributed by atoms with E-state index in [0.717, 1.165) is 32.7 Å². The van der Waals surface area contributed by atoms with Crippen molar-refractivity contribution in [3.8, 4) is 0 Å². The Bertz CT molecular complexity index is 534. The maximum Gasteiger partial charge on any atom is 0.306 e. The zero-order valence-corrected chi connectivity index (χ0v) is 17.6. The molecule has 0 aromatic carbocycles. The fraction of sp³-hybridized carbons (Fsp3) is 0.947. The normalized spacial score (nSPS) is 27.8. The lowest BCUT2D eigenvalue weighted by atomic mass is 9.61. The first-order valence-corrected chi connectivity index (χ1v) is 10.1. The topological polar surface area (TPSA) is 116 Å². The van der Waals surface area contributed by atoms with Crippen LogP contribution in [0.3, 0.4) is 0 Å². The van der Waals surface area contributed by atoms with E-state index in [0.29, 0.717) is 12.5 Å². The molecule has 2 fully saturated rings. The average molecular weight is 402 g/mol. The molecule has 0 N–H and O–H groups in total. The Morgan fingerprint density at radius 2 is 1.61 bits per heavy atom. The van der Waals surface area contributed by atoms with Crippen molar-refractivity contribution in [2.24, 2.45) is 11.3 Å². The van der Waals surface area contributed by atoms with Gasteiger partial charge in [0.25, 0.3) is 0 Å². The van der Waals surface area contributed by atoms with Crippen molar-refractivity contribution in [3.63, 3.8) is 0 Å². The van der Waals surface area contributed by atoms with Gasteiger partial charge in [-0.2, -0.15) is 0 Å². The van der Waals surface area contributed by atoms with Gasteiger partial charge in [-0.25, -0.2) is 0 Å². The number of hydrogen-bond acceptors (Lipinski definition) is 7. The first-order chi connectivity index (χ1) is 13.1. The molecule has 9 heteroatoms. The third-order valence-corrected chi connectivity index (χ3v) is 6.47. The lowest BCUT2D eigenvalue weighted by Gasteiger charge is -2.51. The molecule has 0 heterocycles. The Labute approximate surface area is 167 Å². The predicted molar refractivity (Wildman–Crippen MR) is 105 cm³/mol. The molecule has 0 bridgehead atoms. The third kappa shape index (κ3) is 6.68. The number of nitro groups is 2. The van der Waals surface area contributed by atoms with Crippen LogP contribution < -0.4 is 0 Å². The fourth-order valence-corrected chi connectivity index (χ4v) is 5.08. The summed E-state index contributed by atoms with van der Waals surface area (Å²) in [6.07, 6.45) is 8.65. The summed E-state index contributed by atoms with van der Waals surface area (Å²) in [6, 6.07) is 0. The molecule has 0 radical (unpaired) electrons. The second-order valence-corrected chi connectivity index (χ2v) is 8.39. The van der Waals surface area contributed by atoms with Crippen molar-refractivity contribution >= 4 is 5.97 Å². The van der Waals surface area contributed by atoms with Crippen molar-refractivity contribution in [3.05, 3.63) is 20.2 Å². The van der Waals surface area contributed by atoms with E-state index in [9.17, 15) is 14.9 Å². The molecule has 28 heavy (non-hydrogen) atoms. The summed E-state index contributed by atoms with van der Waals surface area (Å²) in [5.74, 6) is 0.390. The molecule has 0 aromatic rings. The Hall–Kier alpha value is -1.77. The van der Waals surface area contributed by atoms with E-state index in [4.69, 9.17) is 14.9 Å². The van der Waals surface area contributed by atoms with E-state index in [1.807, 2.05) is 0 Å². The van der Waals surface area contributed by atoms with E-state index in [1.54, 1.807) is 6.92 Å². The molecular weight excluding hydrogens is 366 g/mol. The van der Waals surface area contributed by atoms with Gasteiger partial charge < -0.3 is 9.64 Å². The number of ether oxygens (including phenoxy) is 1. The largest absolute Gasteiger partial charge is 0.466 e. The van der Waals surface area contributed by atoms with E-state index in [1.165, 1.54) is 25.7 Å². The van der Waals surface area contributed by atoms with Crippen LogP contribution in [0.5, 0.6) is 0 Å². The van der Waals surface area contributed by atoms with E-state index < -0.39 is 10.3 Å². The summed E-state index contributed by atoms with van der Waals surface area (Å²) in [4.78, 5) is 33.6. The highest BCUT2D eigenvalue weighted by Crippen LogP contribution is 2.51. The average Bonchev–Trinajstić information content (AvgIpc) is 3.09. The summed E-state index contributed by atoms with van der Waals surface area (Å²) < 4.78 is 5.08. The molecule has 0 spiro atoms. The molecule has 0 unspecified atom stereocenters. The van der Waals surface area contributed by atoms with Gasteiger partial charge in [0.1, 0.15) is 0 Å². The minimum atomic E-state index is -0.534. The molecule has 2 aliphatic carbocycles. The van der Waals surface area contributed by atoms with Gasteiger partial charge in [-0.15, -0.1) is 0 Å². The van der Waals surface area contributed by atoms with Crippen LogP contribution in [0.1, 0.15) is 64.7 Å². The number of esters is 1. The lowest BCUT2D eigenvalue weighted by Crippen LogP contribution is -2.54. The first kappa shape index (κ1) is 24.3. The van der Waals surface area contributed by atoms with Crippen LogP contribution in [-0.4, -0.2) is 60.5 Å². The molecule has 2 aliphatic rings. The lowest BCUT2D eigenvalue weighted by molar-refractivity contribution is -0.499. The summed E-state index contributed by atoms with van der Waals surface area (Å²) in [5.41, 5.74) is -0.390. The SMILES string of the molecule is CCOC(=O)CC1(C[N+](=O)[O-])CCC(C2CCCC2)(N(C)C)CC1.C[N+](=O)[O-].